The molecule has 1 aliphatic heterocycles. The highest BCUT2D eigenvalue weighted by Gasteiger charge is 2.27. The van der Waals surface area contributed by atoms with Gasteiger partial charge in [0.25, 0.3) is 0 Å². The van der Waals surface area contributed by atoms with E-state index in [1.54, 1.807) is 6.20 Å². The molecule has 2 aromatic carbocycles. The van der Waals surface area contributed by atoms with Gasteiger partial charge in [-0.3, -0.25) is 4.68 Å². The SMILES string of the molecule is O=C(Nc1cccc(Cn2cccn2)c1)N1CCC(c2ccccc2)C1. The third kappa shape index (κ3) is 3.77. The molecule has 1 aliphatic rings. The topological polar surface area (TPSA) is 50.2 Å². The van der Waals surface area contributed by atoms with Gasteiger partial charge in [-0.05, 0) is 35.7 Å². The molecule has 0 radical (unpaired) electrons. The van der Waals surface area contributed by atoms with Crippen LogP contribution in [0.25, 0.3) is 0 Å². The van der Waals surface area contributed by atoms with Crippen LogP contribution in [0.2, 0.25) is 0 Å². The molecule has 0 spiro atoms. The molecule has 5 nitrogen and oxygen atoms in total. The van der Waals surface area contributed by atoms with Gasteiger partial charge in [0.1, 0.15) is 0 Å². The fourth-order valence-electron chi connectivity index (χ4n) is 3.47. The van der Waals surface area contributed by atoms with Crippen LogP contribution in [0.1, 0.15) is 23.5 Å². The van der Waals surface area contributed by atoms with Crippen LogP contribution in [0.5, 0.6) is 0 Å². The summed E-state index contributed by atoms with van der Waals surface area (Å²) in [6.45, 7) is 2.25. The van der Waals surface area contributed by atoms with E-state index in [9.17, 15) is 4.79 Å². The van der Waals surface area contributed by atoms with E-state index in [2.05, 4.69) is 34.7 Å². The van der Waals surface area contributed by atoms with Crippen molar-refractivity contribution >= 4 is 11.7 Å². The maximum atomic E-state index is 12.6. The second kappa shape index (κ2) is 7.44. The summed E-state index contributed by atoms with van der Waals surface area (Å²) in [5.74, 6) is 0.424. The number of carbonyl (C=O) groups excluding carboxylic acids is 1. The molecule has 1 saturated heterocycles. The molecule has 0 bridgehead atoms. The maximum absolute atomic E-state index is 12.6. The van der Waals surface area contributed by atoms with Crippen molar-refractivity contribution in [2.45, 2.75) is 18.9 Å². The summed E-state index contributed by atoms with van der Waals surface area (Å²) in [5.41, 5.74) is 3.24. The number of aromatic nitrogens is 2. The van der Waals surface area contributed by atoms with Crippen molar-refractivity contribution in [3.63, 3.8) is 0 Å². The Morgan fingerprint density at radius 2 is 2.00 bits per heavy atom. The molecule has 1 aromatic heterocycles. The number of hydrogen-bond acceptors (Lipinski definition) is 2. The molecule has 26 heavy (non-hydrogen) atoms. The van der Waals surface area contributed by atoms with Gasteiger partial charge in [0.05, 0.1) is 6.54 Å². The van der Waals surface area contributed by atoms with Gasteiger partial charge in [-0.25, -0.2) is 4.79 Å². The normalized spacial score (nSPS) is 16.6. The predicted octanol–water partition coefficient (Wildman–Crippen LogP) is 3.95. The summed E-state index contributed by atoms with van der Waals surface area (Å²) in [6.07, 6.45) is 4.71. The predicted molar refractivity (Wildman–Crippen MR) is 102 cm³/mol. The van der Waals surface area contributed by atoms with Crippen LogP contribution in [-0.2, 0) is 6.54 Å². The van der Waals surface area contributed by atoms with E-state index in [1.807, 2.05) is 52.2 Å². The average molecular weight is 346 g/mol. The highest BCUT2D eigenvalue weighted by atomic mass is 16.2. The van der Waals surface area contributed by atoms with E-state index in [0.29, 0.717) is 12.5 Å². The molecule has 0 saturated carbocycles. The van der Waals surface area contributed by atoms with Crippen LogP contribution in [0.15, 0.2) is 73.1 Å². The summed E-state index contributed by atoms with van der Waals surface area (Å²) >= 11 is 0. The van der Waals surface area contributed by atoms with Crippen molar-refractivity contribution in [1.82, 2.24) is 14.7 Å². The van der Waals surface area contributed by atoms with Gasteiger partial charge in [-0.2, -0.15) is 5.10 Å². The van der Waals surface area contributed by atoms with E-state index in [1.165, 1.54) is 5.56 Å². The highest BCUT2D eigenvalue weighted by molar-refractivity contribution is 5.89. The quantitative estimate of drug-likeness (QED) is 0.777. The summed E-state index contributed by atoms with van der Waals surface area (Å²) in [7, 11) is 0. The van der Waals surface area contributed by atoms with Crippen molar-refractivity contribution in [1.29, 1.82) is 0 Å². The number of urea groups is 1. The minimum atomic E-state index is -0.0281. The smallest absolute Gasteiger partial charge is 0.321 e. The summed E-state index contributed by atoms with van der Waals surface area (Å²) in [6, 6.07) is 20.2. The molecule has 1 unspecified atom stereocenters. The van der Waals surface area contributed by atoms with Crippen molar-refractivity contribution in [2.75, 3.05) is 18.4 Å². The standard InChI is InChI=1S/C21H22N4O/c26-21(24-13-10-19(16-24)18-7-2-1-3-8-18)23-20-9-4-6-17(14-20)15-25-12-5-11-22-25/h1-9,11-12,14,19H,10,13,15-16H2,(H,23,26). The Kier molecular flexibility index (Phi) is 4.69. The summed E-state index contributed by atoms with van der Waals surface area (Å²) in [5, 5.41) is 7.26. The number of rotatable bonds is 4. The minimum absolute atomic E-state index is 0.0281. The third-order valence-corrected chi connectivity index (χ3v) is 4.83. The molecular formula is C21H22N4O. The molecule has 132 valence electrons. The fourth-order valence-corrected chi connectivity index (χ4v) is 3.47. The Balaban J connectivity index is 1.38. The Bertz CT molecular complexity index is 861. The van der Waals surface area contributed by atoms with E-state index in [-0.39, 0.29) is 6.03 Å². The average Bonchev–Trinajstić information content (AvgIpc) is 3.35. The van der Waals surface area contributed by atoms with Crippen LogP contribution in [0, 0.1) is 0 Å². The zero-order valence-corrected chi connectivity index (χ0v) is 14.6. The number of hydrogen-bond donors (Lipinski definition) is 1. The van der Waals surface area contributed by atoms with Gasteiger partial charge in [-0.15, -0.1) is 0 Å². The van der Waals surface area contributed by atoms with E-state index in [0.717, 1.165) is 30.8 Å². The molecular weight excluding hydrogens is 324 g/mol. The second-order valence-electron chi connectivity index (χ2n) is 6.68. The molecule has 1 N–H and O–H groups in total. The summed E-state index contributed by atoms with van der Waals surface area (Å²) < 4.78 is 1.87. The lowest BCUT2D eigenvalue weighted by Crippen LogP contribution is -2.32. The van der Waals surface area contributed by atoms with Gasteiger partial charge < -0.3 is 10.2 Å². The van der Waals surface area contributed by atoms with Crippen LogP contribution >= 0.6 is 0 Å². The number of nitrogens with zero attached hydrogens (tertiary/aromatic N) is 3. The Morgan fingerprint density at radius 1 is 1.12 bits per heavy atom. The lowest BCUT2D eigenvalue weighted by Gasteiger charge is -2.18. The highest BCUT2D eigenvalue weighted by Crippen LogP contribution is 2.27. The van der Waals surface area contributed by atoms with Crippen molar-refractivity contribution in [2.24, 2.45) is 0 Å². The molecule has 1 fully saturated rings. The zero-order valence-electron chi connectivity index (χ0n) is 14.6. The minimum Gasteiger partial charge on any atom is -0.324 e. The Morgan fingerprint density at radius 3 is 2.81 bits per heavy atom. The molecule has 1 atom stereocenters. The van der Waals surface area contributed by atoms with Crippen LogP contribution in [0.3, 0.4) is 0 Å². The van der Waals surface area contributed by atoms with Crippen molar-refractivity contribution < 1.29 is 4.79 Å². The molecule has 4 rings (SSSR count). The molecule has 3 aromatic rings. The molecule has 2 heterocycles. The van der Waals surface area contributed by atoms with E-state index in [4.69, 9.17) is 0 Å². The number of nitrogens with one attached hydrogen (secondary N) is 1. The van der Waals surface area contributed by atoms with Gasteiger partial charge in [0.15, 0.2) is 0 Å². The lowest BCUT2D eigenvalue weighted by atomic mass is 9.99. The second-order valence-corrected chi connectivity index (χ2v) is 6.68. The first kappa shape index (κ1) is 16.4. The first-order valence-corrected chi connectivity index (χ1v) is 8.95. The Hall–Kier alpha value is -3.08. The first-order valence-electron chi connectivity index (χ1n) is 8.95. The van der Waals surface area contributed by atoms with Gasteiger partial charge in [0, 0.05) is 37.1 Å². The fraction of sp³-hybridized carbons (Fsp3) is 0.238. The van der Waals surface area contributed by atoms with Crippen LogP contribution in [-0.4, -0.2) is 33.8 Å². The monoisotopic (exact) mass is 346 g/mol. The van der Waals surface area contributed by atoms with Crippen LogP contribution < -0.4 is 5.32 Å². The van der Waals surface area contributed by atoms with Crippen molar-refractivity contribution in [3.8, 4) is 0 Å². The largest absolute Gasteiger partial charge is 0.324 e. The lowest BCUT2D eigenvalue weighted by molar-refractivity contribution is 0.222. The first-order chi connectivity index (χ1) is 12.8. The van der Waals surface area contributed by atoms with Crippen molar-refractivity contribution in [3.05, 3.63) is 84.2 Å². The molecule has 0 aliphatic carbocycles. The summed E-state index contributed by atoms with van der Waals surface area (Å²) in [4.78, 5) is 14.5. The number of benzene rings is 2. The number of likely N-dealkylation sites (tertiary alicyclic amines) is 1. The maximum Gasteiger partial charge on any atom is 0.321 e. The van der Waals surface area contributed by atoms with Gasteiger partial charge >= 0.3 is 6.03 Å². The Labute approximate surface area is 153 Å². The molecule has 5 heteroatoms. The number of anilines is 1. The van der Waals surface area contributed by atoms with E-state index < -0.39 is 0 Å². The molecule has 2 amide bonds. The van der Waals surface area contributed by atoms with Gasteiger partial charge in [0.2, 0.25) is 0 Å². The number of carbonyl (C=O) groups is 1. The third-order valence-electron chi connectivity index (χ3n) is 4.83. The van der Waals surface area contributed by atoms with Gasteiger partial charge in [-0.1, -0.05) is 42.5 Å². The zero-order chi connectivity index (χ0) is 17.8. The number of amides is 2. The van der Waals surface area contributed by atoms with Crippen LogP contribution in [0.4, 0.5) is 10.5 Å². The van der Waals surface area contributed by atoms with E-state index >= 15 is 0 Å².